The zero-order valence-electron chi connectivity index (χ0n) is 15.1. The van der Waals surface area contributed by atoms with Crippen LogP contribution in [-0.4, -0.2) is 49.7 Å². The summed E-state index contributed by atoms with van der Waals surface area (Å²) >= 11 is 0. The van der Waals surface area contributed by atoms with Gasteiger partial charge in [-0.05, 0) is 31.0 Å². The second-order valence-corrected chi connectivity index (χ2v) is 7.31. The Morgan fingerprint density at radius 3 is 2.75 bits per heavy atom. The quantitative estimate of drug-likeness (QED) is 0.722. The van der Waals surface area contributed by atoms with Crippen molar-refractivity contribution in [2.45, 2.75) is 31.2 Å². The summed E-state index contributed by atoms with van der Waals surface area (Å²) in [5.41, 5.74) is 1.87. The number of aromatic nitrogens is 4. The smallest absolute Gasteiger partial charge is 0.233 e. The van der Waals surface area contributed by atoms with Crippen LogP contribution in [0.3, 0.4) is 0 Å². The van der Waals surface area contributed by atoms with E-state index < -0.39 is 12.3 Å². The van der Waals surface area contributed by atoms with E-state index in [-0.39, 0.29) is 17.7 Å². The Balaban J connectivity index is 1.34. The molecule has 3 aromatic rings. The summed E-state index contributed by atoms with van der Waals surface area (Å²) in [5.74, 6) is 0.549. The van der Waals surface area contributed by atoms with Gasteiger partial charge in [0, 0.05) is 48.6 Å². The fourth-order valence-corrected chi connectivity index (χ4v) is 4.08. The van der Waals surface area contributed by atoms with Crippen LogP contribution >= 0.6 is 0 Å². The number of phenolic OH excluding ortho intramolecular Hbond substituents is 1. The number of rotatable bonds is 4. The van der Waals surface area contributed by atoms with E-state index in [2.05, 4.69) is 20.5 Å². The average molecular weight is 381 g/mol. The minimum absolute atomic E-state index is 0.0913. The highest BCUT2D eigenvalue weighted by Gasteiger charge is 2.45. The maximum Gasteiger partial charge on any atom is 0.233 e. The van der Waals surface area contributed by atoms with Crippen molar-refractivity contribution in [1.82, 2.24) is 25.1 Å². The van der Waals surface area contributed by atoms with Gasteiger partial charge in [0.15, 0.2) is 6.17 Å². The highest BCUT2D eigenvalue weighted by molar-refractivity contribution is 5.68. The largest absolute Gasteiger partial charge is 0.507 e. The van der Waals surface area contributed by atoms with E-state index in [9.17, 15) is 9.50 Å². The van der Waals surface area contributed by atoms with E-state index in [0.717, 1.165) is 25.1 Å². The standard InChI is InChI=1S/C20H20FN5O2/c21-19-16-4-1-12(10-23-16)20(19)28-18-6-5-15(24-25-18)14-3-2-13(9-17(14)27)26-8-7-22-11-26/h2-3,5-9,11-12,16,19-20,23,27H,1,4,10H2/t12?,16?,19-,20+/m0/s1. The molecule has 6 rings (SSSR count). The van der Waals surface area contributed by atoms with Crippen molar-refractivity contribution in [2.75, 3.05) is 6.54 Å². The number of phenols is 1. The van der Waals surface area contributed by atoms with Gasteiger partial charge in [-0.25, -0.2) is 9.37 Å². The molecule has 1 aliphatic carbocycles. The Labute approximate surface area is 161 Å². The second kappa shape index (κ2) is 6.87. The third kappa shape index (κ3) is 2.99. The first-order valence-electron chi connectivity index (χ1n) is 9.38. The van der Waals surface area contributed by atoms with Crippen molar-refractivity contribution in [2.24, 2.45) is 5.92 Å². The number of imidazole rings is 1. The highest BCUT2D eigenvalue weighted by Crippen LogP contribution is 2.35. The highest BCUT2D eigenvalue weighted by atomic mass is 19.1. The molecule has 3 fully saturated rings. The Hall–Kier alpha value is -3.00. The predicted octanol–water partition coefficient (Wildman–Crippen LogP) is 2.50. The van der Waals surface area contributed by atoms with E-state index in [4.69, 9.17) is 4.74 Å². The summed E-state index contributed by atoms with van der Waals surface area (Å²) < 4.78 is 22.1. The number of benzene rings is 1. The summed E-state index contributed by atoms with van der Waals surface area (Å²) in [6, 6.07) is 8.55. The van der Waals surface area contributed by atoms with E-state index in [0.29, 0.717) is 17.1 Å². The van der Waals surface area contributed by atoms with Gasteiger partial charge < -0.3 is 19.7 Å². The average Bonchev–Trinajstić information content (AvgIpc) is 3.27. The van der Waals surface area contributed by atoms with Gasteiger partial charge in [0.25, 0.3) is 0 Å². The monoisotopic (exact) mass is 381 g/mol. The molecule has 8 heteroatoms. The van der Waals surface area contributed by atoms with Crippen molar-refractivity contribution >= 4 is 0 Å². The van der Waals surface area contributed by atoms with Crippen LogP contribution in [0.25, 0.3) is 16.9 Å². The maximum absolute atomic E-state index is 14.5. The number of alkyl halides is 1. The number of aromatic hydroxyl groups is 1. The lowest BCUT2D eigenvalue weighted by molar-refractivity contribution is -0.0353. The third-order valence-corrected chi connectivity index (χ3v) is 5.61. The van der Waals surface area contributed by atoms with Gasteiger partial charge in [-0.3, -0.25) is 0 Å². The van der Waals surface area contributed by atoms with Crippen LogP contribution in [0.2, 0.25) is 0 Å². The van der Waals surface area contributed by atoms with Gasteiger partial charge >= 0.3 is 0 Å². The predicted molar refractivity (Wildman–Crippen MR) is 100 cm³/mol. The molecule has 4 heterocycles. The topological polar surface area (TPSA) is 85.1 Å². The van der Waals surface area contributed by atoms with Crippen molar-refractivity contribution < 1.29 is 14.2 Å². The van der Waals surface area contributed by atoms with E-state index >= 15 is 0 Å². The number of piperidine rings is 2. The number of fused-ring (bicyclic) bond motifs is 3. The number of hydrogen-bond acceptors (Lipinski definition) is 6. The summed E-state index contributed by atoms with van der Waals surface area (Å²) in [6.45, 7) is 0.776. The zero-order valence-corrected chi connectivity index (χ0v) is 15.1. The van der Waals surface area contributed by atoms with E-state index in [1.165, 1.54) is 0 Å². The molecule has 2 unspecified atom stereocenters. The third-order valence-electron chi connectivity index (χ3n) is 5.61. The molecule has 4 atom stereocenters. The van der Waals surface area contributed by atoms with Crippen molar-refractivity contribution in [3.05, 3.63) is 49.1 Å². The number of ether oxygens (including phenoxy) is 1. The number of nitrogens with one attached hydrogen (secondary N) is 1. The first-order valence-corrected chi connectivity index (χ1v) is 9.38. The fraction of sp³-hybridized carbons (Fsp3) is 0.350. The molecule has 2 aliphatic heterocycles. The molecular formula is C20H20FN5O2. The molecule has 28 heavy (non-hydrogen) atoms. The number of hydrogen-bond donors (Lipinski definition) is 2. The molecule has 0 spiro atoms. The first kappa shape index (κ1) is 17.1. The van der Waals surface area contributed by atoms with Crippen LogP contribution in [0, 0.1) is 5.92 Å². The van der Waals surface area contributed by atoms with Crippen LogP contribution in [0.15, 0.2) is 49.1 Å². The first-order chi connectivity index (χ1) is 13.7. The Kier molecular flexibility index (Phi) is 4.20. The molecule has 144 valence electrons. The molecule has 1 aromatic carbocycles. The fourth-order valence-electron chi connectivity index (χ4n) is 4.08. The molecule has 2 aromatic heterocycles. The van der Waals surface area contributed by atoms with Crippen LogP contribution < -0.4 is 10.1 Å². The Bertz CT molecular complexity index is 953. The number of nitrogens with zero attached hydrogens (tertiary/aromatic N) is 4. The lowest BCUT2D eigenvalue weighted by atomic mass is 9.78. The van der Waals surface area contributed by atoms with Gasteiger partial charge in [0.2, 0.25) is 5.88 Å². The summed E-state index contributed by atoms with van der Waals surface area (Å²) in [5, 5.41) is 21.9. The van der Waals surface area contributed by atoms with Crippen LogP contribution in [0.4, 0.5) is 4.39 Å². The molecule has 0 amide bonds. The molecule has 2 N–H and O–H groups in total. The lowest BCUT2D eigenvalue weighted by Crippen LogP contribution is -2.61. The van der Waals surface area contributed by atoms with Crippen molar-refractivity contribution in [3.63, 3.8) is 0 Å². The molecule has 3 aliphatic rings. The maximum atomic E-state index is 14.5. The normalized spacial score (nSPS) is 26.3. The molecule has 2 bridgehead atoms. The SMILES string of the molecule is Oc1cc(-n2ccnc2)ccc1-c1ccc(O[C@@H]2C3CCC(NC3)[C@@H]2F)nn1. The summed E-state index contributed by atoms with van der Waals surface area (Å²) in [6.07, 6.45) is 5.43. The lowest BCUT2D eigenvalue weighted by Gasteiger charge is -2.44. The van der Waals surface area contributed by atoms with E-state index in [1.807, 2.05) is 6.07 Å². The minimum Gasteiger partial charge on any atom is -0.507 e. The van der Waals surface area contributed by atoms with Gasteiger partial charge in [-0.2, -0.15) is 0 Å². The van der Waals surface area contributed by atoms with Crippen molar-refractivity contribution in [1.29, 1.82) is 0 Å². The zero-order chi connectivity index (χ0) is 19.1. The van der Waals surface area contributed by atoms with Crippen LogP contribution in [-0.2, 0) is 0 Å². The molecule has 7 nitrogen and oxygen atoms in total. The second-order valence-electron chi connectivity index (χ2n) is 7.31. The Morgan fingerprint density at radius 1 is 1.18 bits per heavy atom. The van der Waals surface area contributed by atoms with Gasteiger partial charge in [-0.1, -0.05) is 0 Å². The summed E-state index contributed by atoms with van der Waals surface area (Å²) in [4.78, 5) is 4.00. The van der Waals surface area contributed by atoms with Crippen molar-refractivity contribution in [3.8, 4) is 28.6 Å². The molecular weight excluding hydrogens is 361 g/mol. The minimum atomic E-state index is -1.03. The van der Waals surface area contributed by atoms with Gasteiger partial charge in [0.1, 0.15) is 11.9 Å². The molecule has 2 saturated heterocycles. The van der Waals surface area contributed by atoms with Crippen LogP contribution in [0.1, 0.15) is 12.8 Å². The number of halogens is 1. The molecule has 0 radical (unpaired) electrons. The van der Waals surface area contributed by atoms with Crippen LogP contribution in [0.5, 0.6) is 11.6 Å². The molecule has 1 saturated carbocycles. The van der Waals surface area contributed by atoms with E-state index in [1.54, 1.807) is 47.6 Å². The van der Waals surface area contributed by atoms with Gasteiger partial charge in [0.05, 0.1) is 17.7 Å². The van der Waals surface area contributed by atoms with Gasteiger partial charge in [-0.15, -0.1) is 10.2 Å². The summed E-state index contributed by atoms with van der Waals surface area (Å²) in [7, 11) is 0. The Morgan fingerprint density at radius 2 is 2.11 bits per heavy atom.